The van der Waals surface area contributed by atoms with Gasteiger partial charge in [0.1, 0.15) is 11.6 Å². The van der Waals surface area contributed by atoms with Crippen LogP contribution >= 0.6 is 35.0 Å². The summed E-state index contributed by atoms with van der Waals surface area (Å²) in [6.07, 6.45) is 0.477. The highest BCUT2D eigenvalue weighted by Gasteiger charge is 2.14. The highest BCUT2D eigenvalue weighted by Crippen LogP contribution is 2.25. The number of thioether (sulfide) groups is 1. The standard InChI is InChI=1S/C22H23Cl2N5O3S/c1-3-32-18-7-5-4-6-17(18)26-20(30)13-33-22-28-27-19(29(22)2)10-11-25-21(31)14-8-9-15(23)16(24)12-14/h4-9,12H,3,10-11,13H2,1-2H3,(H,25,31)(H,26,30). The van der Waals surface area contributed by atoms with E-state index in [1.165, 1.54) is 17.8 Å². The van der Waals surface area contributed by atoms with Crippen LogP contribution in [0.3, 0.4) is 0 Å². The number of benzene rings is 2. The van der Waals surface area contributed by atoms with Crippen LogP contribution in [0.25, 0.3) is 0 Å². The van der Waals surface area contributed by atoms with E-state index in [-0.39, 0.29) is 17.6 Å². The Morgan fingerprint density at radius 3 is 2.67 bits per heavy atom. The zero-order valence-corrected chi connectivity index (χ0v) is 20.4. The van der Waals surface area contributed by atoms with Gasteiger partial charge in [-0.25, -0.2) is 0 Å². The third-order valence-corrected chi connectivity index (χ3v) is 6.29. The minimum Gasteiger partial charge on any atom is -0.492 e. The molecule has 0 fully saturated rings. The van der Waals surface area contributed by atoms with Crippen molar-refractivity contribution >= 4 is 52.5 Å². The van der Waals surface area contributed by atoms with E-state index in [1.54, 1.807) is 22.8 Å². The number of para-hydroxylation sites is 2. The second-order valence-electron chi connectivity index (χ2n) is 6.86. The summed E-state index contributed by atoms with van der Waals surface area (Å²) in [5.74, 6) is 1.05. The fourth-order valence-electron chi connectivity index (χ4n) is 2.88. The molecule has 3 aromatic rings. The number of amides is 2. The SMILES string of the molecule is CCOc1ccccc1NC(=O)CSc1nnc(CCNC(=O)c2ccc(Cl)c(Cl)c2)n1C. The number of hydrogen-bond donors (Lipinski definition) is 2. The van der Waals surface area contributed by atoms with Crippen LogP contribution in [-0.2, 0) is 18.3 Å². The molecule has 0 atom stereocenters. The zero-order chi connectivity index (χ0) is 23.8. The van der Waals surface area contributed by atoms with Crippen molar-refractivity contribution in [3.05, 3.63) is 63.9 Å². The first-order valence-electron chi connectivity index (χ1n) is 10.1. The molecule has 11 heteroatoms. The predicted octanol–water partition coefficient (Wildman–Crippen LogP) is 4.22. The molecule has 0 spiro atoms. The number of nitrogens with zero attached hydrogens (tertiary/aromatic N) is 3. The molecule has 1 heterocycles. The van der Waals surface area contributed by atoms with Gasteiger partial charge in [0.2, 0.25) is 5.91 Å². The van der Waals surface area contributed by atoms with Crippen LogP contribution in [0.15, 0.2) is 47.6 Å². The fourth-order valence-corrected chi connectivity index (χ4v) is 3.91. The van der Waals surface area contributed by atoms with Crippen molar-refractivity contribution in [2.24, 2.45) is 7.05 Å². The topological polar surface area (TPSA) is 98.1 Å². The molecule has 2 amide bonds. The van der Waals surface area contributed by atoms with Crippen molar-refractivity contribution < 1.29 is 14.3 Å². The van der Waals surface area contributed by atoms with E-state index in [9.17, 15) is 9.59 Å². The van der Waals surface area contributed by atoms with Crippen molar-refractivity contribution in [2.75, 3.05) is 24.2 Å². The maximum atomic E-state index is 12.4. The number of nitrogens with one attached hydrogen (secondary N) is 2. The number of ether oxygens (including phenoxy) is 1. The average Bonchev–Trinajstić information content (AvgIpc) is 3.15. The van der Waals surface area contributed by atoms with Crippen molar-refractivity contribution in [3.8, 4) is 5.75 Å². The number of anilines is 1. The average molecular weight is 508 g/mol. The van der Waals surface area contributed by atoms with Gasteiger partial charge in [0.25, 0.3) is 5.91 Å². The van der Waals surface area contributed by atoms with Crippen LogP contribution in [0.1, 0.15) is 23.1 Å². The van der Waals surface area contributed by atoms with Gasteiger partial charge >= 0.3 is 0 Å². The quantitative estimate of drug-likeness (QED) is 0.398. The second-order valence-corrected chi connectivity index (χ2v) is 8.62. The van der Waals surface area contributed by atoms with Gasteiger partial charge in [0.05, 0.1) is 28.1 Å². The zero-order valence-electron chi connectivity index (χ0n) is 18.1. The largest absolute Gasteiger partial charge is 0.492 e. The lowest BCUT2D eigenvalue weighted by Gasteiger charge is -2.11. The summed E-state index contributed by atoms with van der Waals surface area (Å²) in [4.78, 5) is 24.6. The minimum absolute atomic E-state index is 0.167. The van der Waals surface area contributed by atoms with Gasteiger partial charge in [-0.05, 0) is 37.3 Å². The van der Waals surface area contributed by atoms with E-state index in [4.69, 9.17) is 27.9 Å². The van der Waals surface area contributed by atoms with Crippen molar-refractivity contribution in [3.63, 3.8) is 0 Å². The summed E-state index contributed by atoms with van der Waals surface area (Å²) < 4.78 is 7.33. The molecule has 1 aromatic heterocycles. The van der Waals surface area contributed by atoms with Crippen molar-refractivity contribution in [1.29, 1.82) is 0 Å². The Kier molecular flexibility index (Phi) is 8.99. The molecule has 2 aromatic carbocycles. The predicted molar refractivity (Wildman–Crippen MR) is 130 cm³/mol. The first-order valence-corrected chi connectivity index (χ1v) is 11.9. The van der Waals surface area contributed by atoms with E-state index in [0.29, 0.717) is 57.6 Å². The summed E-state index contributed by atoms with van der Waals surface area (Å²) in [5.41, 5.74) is 1.05. The van der Waals surface area contributed by atoms with Gasteiger partial charge in [0.15, 0.2) is 5.16 Å². The van der Waals surface area contributed by atoms with Gasteiger partial charge in [-0.3, -0.25) is 9.59 Å². The summed E-state index contributed by atoms with van der Waals surface area (Å²) in [7, 11) is 1.82. The van der Waals surface area contributed by atoms with E-state index < -0.39 is 0 Å². The van der Waals surface area contributed by atoms with E-state index >= 15 is 0 Å². The van der Waals surface area contributed by atoms with Crippen LogP contribution < -0.4 is 15.4 Å². The summed E-state index contributed by atoms with van der Waals surface area (Å²) in [6, 6.07) is 12.0. The molecule has 0 unspecified atom stereocenters. The molecule has 0 radical (unpaired) electrons. The first kappa shape index (κ1) is 24.9. The number of hydrogen-bond acceptors (Lipinski definition) is 6. The van der Waals surface area contributed by atoms with E-state index in [0.717, 1.165) is 0 Å². The third kappa shape index (κ3) is 6.86. The number of aromatic nitrogens is 3. The smallest absolute Gasteiger partial charge is 0.251 e. The van der Waals surface area contributed by atoms with Crippen LogP contribution in [0.4, 0.5) is 5.69 Å². The molecule has 0 aliphatic rings. The number of carbonyl (C=O) groups excluding carboxylic acids is 2. The van der Waals surface area contributed by atoms with Crippen LogP contribution in [-0.4, -0.2) is 45.5 Å². The highest BCUT2D eigenvalue weighted by molar-refractivity contribution is 7.99. The van der Waals surface area contributed by atoms with Gasteiger partial charge in [-0.2, -0.15) is 0 Å². The fraction of sp³-hybridized carbons (Fsp3) is 0.273. The van der Waals surface area contributed by atoms with Gasteiger partial charge in [-0.15, -0.1) is 10.2 Å². The lowest BCUT2D eigenvalue weighted by atomic mass is 10.2. The molecule has 0 aliphatic carbocycles. The summed E-state index contributed by atoms with van der Waals surface area (Å²) in [5, 5.41) is 15.3. The monoisotopic (exact) mass is 507 g/mol. The van der Waals surface area contributed by atoms with Crippen LogP contribution in [0.2, 0.25) is 10.0 Å². The molecule has 174 valence electrons. The Morgan fingerprint density at radius 2 is 1.91 bits per heavy atom. The Balaban J connectivity index is 1.49. The Morgan fingerprint density at radius 1 is 1.12 bits per heavy atom. The molecular weight excluding hydrogens is 485 g/mol. The summed E-state index contributed by atoms with van der Waals surface area (Å²) in [6.45, 7) is 2.76. The highest BCUT2D eigenvalue weighted by atomic mass is 35.5. The third-order valence-electron chi connectivity index (χ3n) is 4.53. The maximum absolute atomic E-state index is 12.4. The molecule has 0 bridgehead atoms. The van der Waals surface area contributed by atoms with Gasteiger partial charge < -0.3 is 19.9 Å². The molecular formula is C22H23Cl2N5O3S. The van der Waals surface area contributed by atoms with Crippen LogP contribution in [0, 0.1) is 0 Å². The molecule has 3 rings (SSSR count). The molecule has 8 nitrogen and oxygen atoms in total. The number of carbonyl (C=O) groups is 2. The van der Waals surface area contributed by atoms with E-state index in [2.05, 4.69) is 20.8 Å². The van der Waals surface area contributed by atoms with Gasteiger partial charge in [0, 0.05) is 25.6 Å². The molecule has 0 saturated heterocycles. The number of halogens is 2. The summed E-state index contributed by atoms with van der Waals surface area (Å²) >= 11 is 13.1. The Hall–Kier alpha value is -2.75. The molecule has 0 saturated carbocycles. The maximum Gasteiger partial charge on any atom is 0.251 e. The first-order chi connectivity index (χ1) is 15.9. The van der Waals surface area contributed by atoms with Crippen molar-refractivity contribution in [2.45, 2.75) is 18.5 Å². The van der Waals surface area contributed by atoms with Crippen molar-refractivity contribution in [1.82, 2.24) is 20.1 Å². The lowest BCUT2D eigenvalue weighted by molar-refractivity contribution is -0.113. The minimum atomic E-state index is -0.255. The lowest BCUT2D eigenvalue weighted by Crippen LogP contribution is -2.26. The van der Waals surface area contributed by atoms with Gasteiger partial charge in [-0.1, -0.05) is 47.1 Å². The second kappa shape index (κ2) is 11.9. The Bertz CT molecular complexity index is 1140. The Labute approximate surface area is 206 Å². The number of rotatable bonds is 10. The molecule has 2 N–H and O–H groups in total. The van der Waals surface area contributed by atoms with Crippen LogP contribution in [0.5, 0.6) is 5.75 Å². The normalized spacial score (nSPS) is 10.7. The molecule has 33 heavy (non-hydrogen) atoms. The van der Waals surface area contributed by atoms with E-state index in [1.807, 2.05) is 32.2 Å². The molecule has 0 aliphatic heterocycles.